The Morgan fingerprint density at radius 2 is 1.81 bits per heavy atom. The van der Waals surface area contributed by atoms with Crippen molar-refractivity contribution in [3.05, 3.63) is 66.0 Å². The van der Waals surface area contributed by atoms with Gasteiger partial charge in [-0.15, -0.1) is 0 Å². The number of rotatable bonds is 9. The van der Waals surface area contributed by atoms with Crippen LogP contribution in [-0.2, 0) is 13.0 Å². The number of likely N-dealkylation sites (N-methyl/N-ethyl adjacent to an activating group) is 1. The average molecular weight is 283 g/mol. The fourth-order valence-electron chi connectivity index (χ4n) is 2.33. The van der Waals surface area contributed by atoms with E-state index in [1.54, 1.807) is 0 Å². The van der Waals surface area contributed by atoms with Crippen molar-refractivity contribution in [1.82, 2.24) is 15.2 Å². The average Bonchev–Trinajstić information content (AvgIpc) is 2.55. The van der Waals surface area contributed by atoms with Crippen LogP contribution in [0.3, 0.4) is 0 Å². The molecule has 21 heavy (non-hydrogen) atoms. The Morgan fingerprint density at radius 1 is 1.00 bits per heavy atom. The second-order valence-electron chi connectivity index (χ2n) is 5.22. The number of nitrogens with one attached hydrogen (secondary N) is 1. The van der Waals surface area contributed by atoms with Gasteiger partial charge in [0.1, 0.15) is 0 Å². The van der Waals surface area contributed by atoms with Crippen LogP contribution in [0.2, 0.25) is 0 Å². The molecule has 0 aliphatic heterocycles. The molecule has 0 amide bonds. The lowest BCUT2D eigenvalue weighted by Gasteiger charge is -2.20. The van der Waals surface area contributed by atoms with E-state index in [1.807, 2.05) is 18.5 Å². The molecule has 1 aromatic carbocycles. The Labute approximate surface area is 128 Å². The molecule has 0 spiro atoms. The van der Waals surface area contributed by atoms with Crippen molar-refractivity contribution in [2.45, 2.75) is 19.9 Å². The van der Waals surface area contributed by atoms with E-state index in [-0.39, 0.29) is 0 Å². The van der Waals surface area contributed by atoms with Gasteiger partial charge in [-0.05, 0) is 36.7 Å². The minimum absolute atomic E-state index is 1.01. The van der Waals surface area contributed by atoms with Gasteiger partial charge in [-0.1, -0.05) is 43.3 Å². The van der Waals surface area contributed by atoms with Crippen molar-refractivity contribution in [2.24, 2.45) is 0 Å². The Hall–Kier alpha value is -1.71. The Bertz CT molecular complexity index is 484. The quantitative estimate of drug-likeness (QED) is 0.717. The highest BCUT2D eigenvalue weighted by Crippen LogP contribution is 2.03. The summed E-state index contributed by atoms with van der Waals surface area (Å²) in [6.07, 6.45) is 4.80. The first-order valence-electron chi connectivity index (χ1n) is 7.74. The zero-order valence-electron chi connectivity index (χ0n) is 12.8. The van der Waals surface area contributed by atoms with Gasteiger partial charge >= 0.3 is 0 Å². The molecule has 1 heterocycles. The number of nitrogens with zero attached hydrogens (tertiary/aromatic N) is 2. The predicted molar refractivity (Wildman–Crippen MR) is 88.2 cm³/mol. The summed E-state index contributed by atoms with van der Waals surface area (Å²) in [5.74, 6) is 0. The van der Waals surface area contributed by atoms with Crippen molar-refractivity contribution >= 4 is 0 Å². The zero-order valence-corrected chi connectivity index (χ0v) is 12.8. The first kappa shape index (κ1) is 15.7. The summed E-state index contributed by atoms with van der Waals surface area (Å²) >= 11 is 0. The van der Waals surface area contributed by atoms with Gasteiger partial charge in [-0.2, -0.15) is 0 Å². The number of benzene rings is 1. The third-order valence-corrected chi connectivity index (χ3v) is 3.61. The molecule has 0 atom stereocenters. The summed E-state index contributed by atoms with van der Waals surface area (Å²) in [6, 6.07) is 14.8. The van der Waals surface area contributed by atoms with E-state index in [2.05, 4.69) is 58.5 Å². The molecule has 0 saturated heterocycles. The van der Waals surface area contributed by atoms with Crippen molar-refractivity contribution < 1.29 is 0 Å². The Morgan fingerprint density at radius 3 is 2.52 bits per heavy atom. The first-order chi connectivity index (χ1) is 10.4. The maximum absolute atomic E-state index is 4.14. The van der Waals surface area contributed by atoms with Crippen molar-refractivity contribution in [2.75, 3.05) is 26.2 Å². The Kier molecular flexibility index (Phi) is 6.92. The predicted octanol–water partition coefficient (Wildman–Crippen LogP) is 2.74. The third-order valence-electron chi connectivity index (χ3n) is 3.61. The van der Waals surface area contributed by atoms with Gasteiger partial charge in [0.15, 0.2) is 0 Å². The molecule has 1 N–H and O–H groups in total. The van der Waals surface area contributed by atoms with Gasteiger partial charge in [-0.25, -0.2) is 0 Å². The van der Waals surface area contributed by atoms with Gasteiger partial charge < -0.3 is 5.32 Å². The summed E-state index contributed by atoms with van der Waals surface area (Å²) < 4.78 is 0. The van der Waals surface area contributed by atoms with Gasteiger partial charge in [0, 0.05) is 32.0 Å². The molecular formula is C18H25N3. The summed E-state index contributed by atoms with van der Waals surface area (Å²) in [5, 5.41) is 3.52. The van der Waals surface area contributed by atoms with Crippen LogP contribution in [0, 0.1) is 0 Å². The highest BCUT2D eigenvalue weighted by Gasteiger charge is 2.02. The second-order valence-corrected chi connectivity index (χ2v) is 5.22. The van der Waals surface area contributed by atoms with Gasteiger partial charge in [-0.3, -0.25) is 9.88 Å². The van der Waals surface area contributed by atoms with E-state index in [0.29, 0.717) is 0 Å². The van der Waals surface area contributed by atoms with Crippen molar-refractivity contribution in [1.29, 1.82) is 0 Å². The van der Waals surface area contributed by atoms with Crippen LogP contribution in [0.1, 0.15) is 18.1 Å². The smallest absolute Gasteiger partial charge is 0.0300 e. The van der Waals surface area contributed by atoms with E-state index < -0.39 is 0 Å². The van der Waals surface area contributed by atoms with Gasteiger partial charge in [0.2, 0.25) is 0 Å². The molecule has 0 radical (unpaired) electrons. The van der Waals surface area contributed by atoms with E-state index >= 15 is 0 Å². The number of pyridine rings is 1. The molecule has 0 saturated carbocycles. The van der Waals surface area contributed by atoms with Crippen LogP contribution < -0.4 is 5.32 Å². The topological polar surface area (TPSA) is 28.2 Å². The number of hydrogen-bond donors (Lipinski definition) is 1. The molecular weight excluding hydrogens is 258 g/mol. The van der Waals surface area contributed by atoms with Crippen LogP contribution in [-0.4, -0.2) is 36.1 Å². The third kappa shape index (κ3) is 6.06. The van der Waals surface area contributed by atoms with Crippen molar-refractivity contribution in [3.63, 3.8) is 0 Å². The Balaban J connectivity index is 1.62. The summed E-state index contributed by atoms with van der Waals surface area (Å²) in [7, 11) is 0. The van der Waals surface area contributed by atoms with Crippen LogP contribution in [0.5, 0.6) is 0 Å². The molecule has 0 aliphatic carbocycles. The lowest BCUT2D eigenvalue weighted by Crippen LogP contribution is -2.32. The van der Waals surface area contributed by atoms with Crippen LogP contribution in [0.4, 0.5) is 0 Å². The maximum atomic E-state index is 4.14. The van der Waals surface area contributed by atoms with E-state index in [4.69, 9.17) is 0 Å². The lowest BCUT2D eigenvalue weighted by atomic mass is 10.2. The van der Waals surface area contributed by atoms with Crippen LogP contribution in [0.15, 0.2) is 54.9 Å². The van der Waals surface area contributed by atoms with Crippen molar-refractivity contribution in [3.8, 4) is 0 Å². The highest BCUT2D eigenvalue weighted by atomic mass is 15.1. The standard InChI is InChI=1S/C18H25N3/c1-2-21(16-18-7-4-3-5-8-18)14-13-19-12-10-17-9-6-11-20-15-17/h3-9,11,15,19H,2,10,12-14,16H2,1H3. The molecule has 0 unspecified atom stereocenters. The largest absolute Gasteiger partial charge is 0.315 e. The molecule has 3 nitrogen and oxygen atoms in total. The molecule has 3 heteroatoms. The second kappa shape index (κ2) is 9.27. The van der Waals surface area contributed by atoms with Gasteiger partial charge in [0.25, 0.3) is 0 Å². The SMILES string of the molecule is CCN(CCNCCc1cccnc1)Cc1ccccc1. The fraction of sp³-hybridized carbons (Fsp3) is 0.389. The molecule has 2 aromatic rings. The molecule has 2 rings (SSSR count). The first-order valence-corrected chi connectivity index (χ1v) is 7.74. The summed E-state index contributed by atoms with van der Waals surface area (Å²) in [4.78, 5) is 6.60. The molecule has 0 fully saturated rings. The minimum atomic E-state index is 1.01. The van der Waals surface area contributed by atoms with Crippen LogP contribution in [0.25, 0.3) is 0 Å². The normalized spacial score (nSPS) is 11.0. The lowest BCUT2D eigenvalue weighted by molar-refractivity contribution is 0.279. The highest BCUT2D eigenvalue weighted by molar-refractivity contribution is 5.14. The monoisotopic (exact) mass is 283 g/mol. The number of hydrogen-bond acceptors (Lipinski definition) is 3. The minimum Gasteiger partial charge on any atom is -0.315 e. The van der Waals surface area contributed by atoms with Crippen LogP contribution >= 0.6 is 0 Å². The summed E-state index contributed by atoms with van der Waals surface area (Å²) in [6.45, 7) is 7.45. The van der Waals surface area contributed by atoms with E-state index in [0.717, 1.165) is 39.1 Å². The van der Waals surface area contributed by atoms with E-state index in [1.165, 1.54) is 11.1 Å². The zero-order chi connectivity index (χ0) is 14.8. The molecule has 112 valence electrons. The summed E-state index contributed by atoms with van der Waals surface area (Å²) in [5.41, 5.74) is 2.68. The maximum Gasteiger partial charge on any atom is 0.0300 e. The van der Waals surface area contributed by atoms with E-state index in [9.17, 15) is 0 Å². The van der Waals surface area contributed by atoms with Gasteiger partial charge in [0.05, 0.1) is 0 Å². The molecule has 1 aromatic heterocycles. The number of aromatic nitrogens is 1. The fourth-order valence-corrected chi connectivity index (χ4v) is 2.33. The molecule has 0 bridgehead atoms. The molecule has 0 aliphatic rings.